The van der Waals surface area contributed by atoms with Gasteiger partial charge in [0.25, 0.3) is 0 Å². The van der Waals surface area contributed by atoms with Crippen molar-refractivity contribution in [2.75, 3.05) is 26.8 Å². The Labute approximate surface area is 102 Å². The predicted octanol–water partition coefficient (Wildman–Crippen LogP) is 2.47. The van der Waals surface area contributed by atoms with Gasteiger partial charge in [0.15, 0.2) is 11.5 Å². The first-order valence-electron chi connectivity index (χ1n) is 6.06. The van der Waals surface area contributed by atoms with Gasteiger partial charge in [-0.25, -0.2) is 0 Å². The fourth-order valence-corrected chi connectivity index (χ4v) is 2.03. The summed E-state index contributed by atoms with van der Waals surface area (Å²) in [5, 5.41) is 3.31. The molecular weight excluding hydrogens is 214 g/mol. The van der Waals surface area contributed by atoms with E-state index in [2.05, 4.69) is 23.5 Å². The van der Waals surface area contributed by atoms with Crippen LogP contribution in [0.2, 0.25) is 0 Å². The van der Waals surface area contributed by atoms with Crippen LogP contribution in [-0.2, 0) is 0 Å². The number of ether oxygens (including phenoxy) is 2. The van der Waals surface area contributed by atoms with Crippen LogP contribution in [0.1, 0.15) is 18.9 Å². The summed E-state index contributed by atoms with van der Waals surface area (Å²) in [4.78, 5) is 0. The zero-order valence-corrected chi connectivity index (χ0v) is 10.5. The topological polar surface area (TPSA) is 30.5 Å². The molecular formula is C14H19NO2. The molecule has 1 aromatic rings. The van der Waals surface area contributed by atoms with Gasteiger partial charge >= 0.3 is 0 Å². The van der Waals surface area contributed by atoms with Crippen LogP contribution in [0.25, 0.3) is 5.57 Å². The van der Waals surface area contributed by atoms with Gasteiger partial charge in [-0.2, -0.15) is 0 Å². The van der Waals surface area contributed by atoms with Crippen molar-refractivity contribution in [2.24, 2.45) is 0 Å². The third-order valence-electron chi connectivity index (χ3n) is 2.90. The maximum absolute atomic E-state index is 5.51. The molecule has 0 amide bonds. The Bertz CT molecular complexity index is 413. The molecule has 1 aliphatic heterocycles. The lowest BCUT2D eigenvalue weighted by molar-refractivity contribution is 0.311. The van der Waals surface area contributed by atoms with Crippen LogP contribution in [0.15, 0.2) is 24.3 Å². The Morgan fingerprint density at radius 3 is 2.82 bits per heavy atom. The number of hydrogen-bond donors (Lipinski definition) is 1. The van der Waals surface area contributed by atoms with E-state index in [0.717, 1.165) is 31.0 Å². The summed E-state index contributed by atoms with van der Waals surface area (Å²) >= 11 is 0. The highest BCUT2D eigenvalue weighted by atomic mass is 16.5. The monoisotopic (exact) mass is 233 g/mol. The van der Waals surface area contributed by atoms with Gasteiger partial charge in [0.05, 0.1) is 13.7 Å². The summed E-state index contributed by atoms with van der Waals surface area (Å²) in [6, 6.07) is 6.15. The molecule has 0 aromatic heterocycles. The van der Waals surface area contributed by atoms with Gasteiger partial charge in [0.2, 0.25) is 0 Å². The van der Waals surface area contributed by atoms with Crippen LogP contribution >= 0.6 is 0 Å². The number of benzene rings is 1. The summed E-state index contributed by atoms with van der Waals surface area (Å²) in [5.41, 5.74) is 2.61. The minimum absolute atomic E-state index is 0.655. The van der Waals surface area contributed by atoms with E-state index in [1.807, 2.05) is 13.0 Å². The van der Waals surface area contributed by atoms with E-state index in [1.54, 1.807) is 7.11 Å². The molecule has 92 valence electrons. The molecule has 0 spiro atoms. The van der Waals surface area contributed by atoms with Gasteiger partial charge in [-0.05, 0) is 43.2 Å². The molecule has 3 heteroatoms. The molecule has 0 aliphatic carbocycles. The Hall–Kier alpha value is -1.48. The van der Waals surface area contributed by atoms with Crippen LogP contribution in [0.4, 0.5) is 0 Å². The molecule has 0 saturated heterocycles. The lowest BCUT2D eigenvalue weighted by atomic mass is 10.00. The number of nitrogens with one attached hydrogen (secondary N) is 1. The molecule has 0 bridgehead atoms. The largest absolute Gasteiger partial charge is 0.493 e. The lowest BCUT2D eigenvalue weighted by Crippen LogP contribution is -2.20. The van der Waals surface area contributed by atoms with Crippen molar-refractivity contribution in [3.63, 3.8) is 0 Å². The zero-order chi connectivity index (χ0) is 12.1. The van der Waals surface area contributed by atoms with Crippen molar-refractivity contribution in [1.82, 2.24) is 5.32 Å². The third kappa shape index (κ3) is 2.80. The lowest BCUT2D eigenvalue weighted by Gasteiger charge is -2.16. The van der Waals surface area contributed by atoms with Gasteiger partial charge in [-0.3, -0.25) is 0 Å². The molecule has 17 heavy (non-hydrogen) atoms. The second-order valence-corrected chi connectivity index (χ2v) is 3.98. The van der Waals surface area contributed by atoms with Crippen molar-refractivity contribution in [3.05, 3.63) is 29.8 Å². The standard InChI is InChI=1S/C14H19NO2/c1-3-17-13-5-4-12(10-14(13)16-2)11-6-8-15-9-7-11/h4-6,10,15H,3,7-9H2,1-2H3. The normalized spacial score (nSPS) is 15.3. The van der Waals surface area contributed by atoms with Crippen molar-refractivity contribution >= 4 is 5.57 Å². The summed E-state index contributed by atoms with van der Waals surface area (Å²) < 4.78 is 10.9. The van der Waals surface area contributed by atoms with Crippen LogP contribution in [-0.4, -0.2) is 26.8 Å². The molecule has 1 aromatic carbocycles. The molecule has 0 atom stereocenters. The summed E-state index contributed by atoms with van der Waals surface area (Å²) in [6.45, 7) is 4.62. The SMILES string of the molecule is CCOc1ccc(C2=CCNCC2)cc1OC. The van der Waals surface area contributed by atoms with Crippen molar-refractivity contribution in [3.8, 4) is 11.5 Å². The molecule has 1 N–H and O–H groups in total. The fraction of sp³-hybridized carbons (Fsp3) is 0.429. The van der Waals surface area contributed by atoms with Crippen molar-refractivity contribution in [1.29, 1.82) is 0 Å². The first-order chi connectivity index (χ1) is 8.35. The van der Waals surface area contributed by atoms with Crippen molar-refractivity contribution in [2.45, 2.75) is 13.3 Å². The van der Waals surface area contributed by atoms with Crippen LogP contribution in [0.3, 0.4) is 0 Å². The van der Waals surface area contributed by atoms with Gasteiger partial charge < -0.3 is 14.8 Å². The summed E-state index contributed by atoms with van der Waals surface area (Å²) in [7, 11) is 1.68. The highest BCUT2D eigenvalue weighted by Crippen LogP contribution is 2.31. The number of methoxy groups -OCH3 is 1. The Kier molecular flexibility index (Phi) is 4.04. The molecule has 1 heterocycles. The van der Waals surface area contributed by atoms with Gasteiger partial charge in [0.1, 0.15) is 0 Å². The highest BCUT2D eigenvalue weighted by molar-refractivity contribution is 5.69. The van der Waals surface area contributed by atoms with Gasteiger partial charge in [0, 0.05) is 6.54 Å². The van der Waals surface area contributed by atoms with E-state index < -0.39 is 0 Å². The van der Waals surface area contributed by atoms with Gasteiger partial charge in [-0.1, -0.05) is 12.1 Å². The Morgan fingerprint density at radius 2 is 2.18 bits per heavy atom. The smallest absolute Gasteiger partial charge is 0.161 e. The minimum atomic E-state index is 0.655. The molecule has 0 fully saturated rings. The number of rotatable bonds is 4. The van der Waals surface area contributed by atoms with E-state index in [0.29, 0.717) is 6.61 Å². The van der Waals surface area contributed by atoms with Crippen LogP contribution in [0, 0.1) is 0 Å². The average Bonchev–Trinajstić information content (AvgIpc) is 2.40. The highest BCUT2D eigenvalue weighted by Gasteiger charge is 2.10. The maximum atomic E-state index is 5.51. The molecule has 1 aliphatic rings. The molecule has 0 unspecified atom stereocenters. The van der Waals surface area contributed by atoms with E-state index in [1.165, 1.54) is 11.1 Å². The third-order valence-corrected chi connectivity index (χ3v) is 2.90. The Balaban J connectivity index is 2.27. The van der Waals surface area contributed by atoms with E-state index in [9.17, 15) is 0 Å². The quantitative estimate of drug-likeness (QED) is 0.866. The molecule has 3 nitrogen and oxygen atoms in total. The molecule has 0 radical (unpaired) electrons. The van der Waals surface area contributed by atoms with Crippen LogP contribution in [0.5, 0.6) is 11.5 Å². The average molecular weight is 233 g/mol. The van der Waals surface area contributed by atoms with E-state index >= 15 is 0 Å². The first kappa shape index (κ1) is 12.0. The minimum Gasteiger partial charge on any atom is -0.493 e. The molecule has 2 rings (SSSR count). The summed E-state index contributed by atoms with van der Waals surface area (Å²) in [6.07, 6.45) is 3.30. The van der Waals surface area contributed by atoms with E-state index in [-0.39, 0.29) is 0 Å². The maximum Gasteiger partial charge on any atom is 0.161 e. The second-order valence-electron chi connectivity index (χ2n) is 3.98. The fourth-order valence-electron chi connectivity index (χ4n) is 2.03. The zero-order valence-electron chi connectivity index (χ0n) is 10.5. The molecule has 0 saturated carbocycles. The Morgan fingerprint density at radius 1 is 1.29 bits per heavy atom. The van der Waals surface area contributed by atoms with Gasteiger partial charge in [-0.15, -0.1) is 0 Å². The summed E-state index contributed by atoms with van der Waals surface area (Å²) in [5.74, 6) is 1.62. The van der Waals surface area contributed by atoms with E-state index in [4.69, 9.17) is 9.47 Å². The van der Waals surface area contributed by atoms with Crippen LogP contribution < -0.4 is 14.8 Å². The first-order valence-corrected chi connectivity index (χ1v) is 6.06. The second kappa shape index (κ2) is 5.73. The number of hydrogen-bond acceptors (Lipinski definition) is 3. The predicted molar refractivity (Wildman–Crippen MR) is 69.6 cm³/mol. The van der Waals surface area contributed by atoms with Crippen molar-refractivity contribution < 1.29 is 9.47 Å².